The molecule has 1 aromatic rings. The predicted molar refractivity (Wildman–Crippen MR) is 131 cm³/mol. The molecule has 0 spiro atoms. The zero-order chi connectivity index (χ0) is 24.6. The molecule has 3 amide bonds. The van der Waals surface area contributed by atoms with E-state index in [-0.39, 0.29) is 17.7 Å². The van der Waals surface area contributed by atoms with E-state index in [2.05, 4.69) is 30.2 Å². The van der Waals surface area contributed by atoms with E-state index in [1.165, 1.54) is 4.90 Å². The highest BCUT2D eigenvalue weighted by Gasteiger charge is 2.34. The molecule has 3 atom stereocenters. The Morgan fingerprint density at radius 2 is 1.75 bits per heavy atom. The molecular weight excluding hydrogens is 426 g/mol. The minimum absolute atomic E-state index is 0.0226. The second-order valence-electron chi connectivity index (χ2n) is 9.28. The SMILES string of the molecule is CCCC(C)NC(=O)C(c1ccc(C)c(C)c1)N(C)C(=O)C(CS)NC(=O)OC(C)(C)C. The van der Waals surface area contributed by atoms with Gasteiger partial charge in [0.2, 0.25) is 11.8 Å². The topological polar surface area (TPSA) is 87.7 Å². The van der Waals surface area contributed by atoms with Crippen molar-refractivity contribution in [3.05, 3.63) is 34.9 Å². The number of hydrogen-bond acceptors (Lipinski definition) is 5. The number of carbonyl (C=O) groups excluding carboxylic acids is 3. The van der Waals surface area contributed by atoms with E-state index >= 15 is 0 Å². The monoisotopic (exact) mass is 465 g/mol. The number of nitrogens with one attached hydrogen (secondary N) is 2. The third kappa shape index (κ3) is 8.37. The van der Waals surface area contributed by atoms with Gasteiger partial charge in [-0.2, -0.15) is 12.6 Å². The number of hydrogen-bond donors (Lipinski definition) is 3. The van der Waals surface area contributed by atoms with Gasteiger partial charge < -0.3 is 20.3 Å². The van der Waals surface area contributed by atoms with Gasteiger partial charge in [0.15, 0.2) is 0 Å². The van der Waals surface area contributed by atoms with E-state index in [0.29, 0.717) is 5.56 Å². The van der Waals surface area contributed by atoms with Crippen molar-refractivity contribution in [1.29, 1.82) is 0 Å². The molecule has 0 aliphatic heterocycles. The van der Waals surface area contributed by atoms with E-state index in [0.717, 1.165) is 24.0 Å². The fourth-order valence-electron chi connectivity index (χ4n) is 3.32. The van der Waals surface area contributed by atoms with Gasteiger partial charge in [-0.3, -0.25) is 9.59 Å². The Morgan fingerprint density at radius 1 is 1.12 bits per heavy atom. The average molecular weight is 466 g/mol. The summed E-state index contributed by atoms with van der Waals surface area (Å²) in [6.45, 7) is 13.2. The lowest BCUT2D eigenvalue weighted by molar-refractivity contribution is -0.140. The van der Waals surface area contributed by atoms with Crippen molar-refractivity contribution in [3.8, 4) is 0 Å². The van der Waals surface area contributed by atoms with Crippen molar-refractivity contribution in [1.82, 2.24) is 15.5 Å². The normalized spacial score (nSPS) is 14.2. The average Bonchev–Trinajstić information content (AvgIpc) is 2.67. The largest absolute Gasteiger partial charge is 0.444 e. The summed E-state index contributed by atoms with van der Waals surface area (Å²) in [7, 11) is 1.57. The molecule has 8 heteroatoms. The van der Waals surface area contributed by atoms with E-state index < -0.39 is 29.7 Å². The van der Waals surface area contributed by atoms with Crippen molar-refractivity contribution in [2.75, 3.05) is 12.8 Å². The first-order valence-corrected chi connectivity index (χ1v) is 11.7. The molecule has 1 aromatic carbocycles. The molecule has 0 aliphatic rings. The molecule has 0 aromatic heterocycles. The van der Waals surface area contributed by atoms with E-state index in [1.54, 1.807) is 27.8 Å². The summed E-state index contributed by atoms with van der Waals surface area (Å²) in [4.78, 5) is 40.1. The summed E-state index contributed by atoms with van der Waals surface area (Å²) >= 11 is 4.24. The zero-order valence-electron chi connectivity index (χ0n) is 20.6. The van der Waals surface area contributed by atoms with Crippen LogP contribution in [0.1, 0.15) is 70.2 Å². The van der Waals surface area contributed by atoms with Crippen LogP contribution in [0.15, 0.2) is 18.2 Å². The highest BCUT2D eigenvalue weighted by molar-refractivity contribution is 7.80. The Bertz CT molecular complexity index is 807. The Hall–Kier alpha value is -2.22. The maximum absolute atomic E-state index is 13.3. The highest BCUT2D eigenvalue weighted by Crippen LogP contribution is 2.24. The molecular formula is C24H39N3O4S. The van der Waals surface area contributed by atoms with Crippen LogP contribution < -0.4 is 10.6 Å². The maximum Gasteiger partial charge on any atom is 0.408 e. The number of rotatable bonds is 9. The Kier molecular flexibility index (Phi) is 10.5. The van der Waals surface area contributed by atoms with Gasteiger partial charge in [0, 0.05) is 18.8 Å². The summed E-state index contributed by atoms with van der Waals surface area (Å²) in [6, 6.07) is 3.92. The van der Waals surface area contributed by atoms with Crippen LogP contribution >= 0.6 is 12.6 Å². The van der Waals surface area contributed by atoms with Gasteiger partial charge in [-0.1, -0.05) is 31.5 Å². The van der Waals surface area contributed by atoms with Crippen molar-refractivity contribution in [3.63, 3.8) is 0 Å². The molecule has 3 unspecified atom stereocenters. The minimum atomic E-state index is -0.937. The van der Waals surface area contributed by atoms with Crippen LogP contribution in [0.5, 0.6) is 0 Å². The molecule has 0 heterocycles. The summed E-state index contributed by atoms with van der Waals surface area (Å²) in [6.07, 6.45) is 1.07. The number of ether oxygens (including phenoxy) is 1. The first kappa shape index (κ1) is 27.8. The zero-order valence-corrected chi connectivity index (χ0v) is 21.5. The number of thiol groups is 1. The highest BCUT2D eigenvalue weighted by atomic mass is 32.1. The van der Waals surface area contributed by atoms with Gasteiger partial charge in [0.25, 0.3) is 0 Å². The molecule has 7 nitrogen and oxygen atoms in total. The summed E-state index contributed by atoms with van der Waals surface area (Å²) in [5, 5.41) is 5.58. The Labute approximate surface area is 198 Å². The summed E-state index contributed by atoms with van der Waals surface area (Å²) in [5.74, 6) is -0.622. The molecule has 0 aliphatic carbocycles. The first-order chi connectivity index (χ1) is 14.8. The molecule has 0 radical (unpaired) electrons. The third-order valence-electron chi connectivity index (χ3n) is 5.11. The lowest BCUT2D eigenvalue weighted by Gasteiger charge is -2.32. The van der Waals surface area contributed by atoms with E-state index in [9.17, 15) is 14.4 Å². The third-order valence-corrected chi connectivity index (χ3v) is 5.48. The second kappa shape index (κ2) is 12.1. The minimum Gasteiger partial charge on any atom is -0.444 e. The number of aryl methyl sites for hydroxylation is 2. The van der Waals surface area contributed by atoms with Gasteiger partial charge >= 0.3 is 6.09 Å². The fourth-order valence-corrected chi connectivity index (χ4v) is 3.57. The van der Waals surface area contributed by atoms with Crippen LogP contribution in [-0.4, -0.2) is 53.3 Å². The van der Waals surface area contributed by atoms with Gasteiger partial charge in [0.1, 0.15) is 17.7 Å². The quantitative estimate of drug-likeness (QED) is 0.482. The van der Waals surface area contributed by atoms with Gasteiger partial charge in [-0.15, -0.1) is 0 Å². The maximum atomic E-state index is 13.3. The van der Waals surface area contributed by atoms with E-state index in [1.807, 2.05) is 39.0 Å². The Morgan fingerprint density at radius 3 is 2.25 bits per heavy atom. The molecule has 1 rings (SSSR count). The smallest absolute Gasteiger partial charge is 0.408 e. The number of benzene rings is 1. The fraction of sp³-hybridized carbons (Fsp3) is 0.625. The number of nitrogens with zero attached hydrogens (tertiary/aromatic N) is 1. The van der Waals surface area contributed by atoms with Gasteiger partial charge in [-0.25, -0.2) is 4.79 Å². The van der Waals surface area contributed by atoms with Gasteiger partial charge in [-0.05, 0) is 64.7 Å². The van der Waals surface area contributed by atoms with Crippen molar-refractivity contribution in [2.45, 2.75) is 85.0 Å². The summed E-state index contributed by atoms with van der Waals surface area (Å²) < 4.78 is 5.27. The molecule has 180 valence electrons. The molecule has 0 saturated carbocycles. The standard InChI is InChI=1S/C24H39N3O4S/c1-9-10-17(4)25-21(28)20(18-12-11-15(2)16(3)13-18)27(8)22(29)19(14-32)26-23(30)31-24(5,6)7/h11-13,17,19-20,32H,9-10,14H2,1-8H3,(H,25,28)(H,26,30). The number of likely N-dealkylation sites (N-methyl/N-ethyl adjacent to an activating group) is 1. The number of carbonyl (C=O) groups is 3. The van der Waals surface area contributed by atoms with Crippen LogP contribution in [0, 0.1) is 13.8 Å². The molecule has 32 heavy (non-hydrogen) atoms. The predicted octanol–water partition coefficient (Wildman–Crippen LogP) is 3.93. The van der Waals surface area contributed by atoms with Crippen molar-refractivity contribution in [2.24, 2.45) is 0 Å². The van der Waals surface area contributed by atoms with E-state index in [4.69, 9.17) is 4.74 Å². The molecule has 0 fully saturated rings. The Balaban J connectivity index is 3.20. The lowest BCUT2D eigenvalue weighted by atomic mass is 9.98. The van der Waals surface area contributed by atoms with Gasteiger partial charge in [0.05, 0.1) is 0 Å². The van der Waals surface area contributed by atoms with Crippen LogP contribution in [-0.2, 0) is 14.3 Å². The lowest BCUT2D eigenvalue weighted by Crippen LogP contribution is -2.53. The molecule has 2 N–H and O–H groups in total. The summed E-state index contributed by atoms with van der Waals surface area (Å²) in [5.41, 5.74) is 2.14. The molecule has 0 saturated heterocycles. The first-order valence-electron chi connectivity index (χ1n) is 11.0. The number of alkyl carbamates (subject to hydrolysis) is 1. The van der Waals surface area contributed by atoms with Crippen LogP contribution in [0.2, 0.25) is 0 Å². The van der Waals surface area contributed by atoms with Crippen molar-refractivity contribution < 1.29 is 19.1 Å². The second-order valence-corrected chi connectivity index (χ2v) is 9.64. The van der Waals surface area contributed by atoms with Crippen molar-refractivity contribution >= 4 is 30.5 Å². The number of amides is 3. The van der Waals surface area contributed by atoms with Crippen LogP contribution in [0.4, 0.5) is 4.79 Å². The molecule has 0 bridgehead atoms. The van der Waals surface area contributed by atoms with Crippen LogP contribution in [0.25, 0.3) is 0 Å². The van der Waals surface area contributed by atoms with Crippen LogP contribution in [0.3, 0.4) is 0 Å².